The van der Waals surface area contributed by atoms with E-state index in [0.717, 1.165) is 29.1 Å². The molecule has 3 heterocycles. The molecular formula is C27H25N5O3. The summed E-state index contributed by atoms with van der Waals surface area (Å²) in [6.45, 7) is 2.15. The van der Waals surface area contributed by atoms with Crippen LogP contribution in [0, 0.1) is 5.41 Å². The predicted octanol–water partition coefficient (Wildman–Crippen LogP) is 4.85. The van der Waals surface area contributed by atoms with Crippen LogP contribution < -0.4 is 10.1 Å². The summed E-state index contributed by atoms with van der Waals surface area (Å²) in [7, 11) is 3.23. The Bertz CT molecular complexity index is 1460. The van der Waals surface area contributed by atoms with Crippen LogP contribution in [0.3, 0.4) is 0 Å². The fourth-order valence-corrected chi connectivity index (χ4v) is 4.04. The number of hydrogen-bond donors (Lipinski definition) is 1. The maximum absolute atomic E-state index is 12.8. The number of amides is 1. The van der Waals surface area contributed by atoms with Gasteiger partial charge in [0.25, 0.3) is 5.91 Å². The first-order valence-electron chi connectivity index (χ1n) is 11.2. The van der Waals surface area contributed by atoms with Crippen molar-refractivity contribution in [3.8, 4) is 5.75 Å². The molecule has 1 atom stereocenters. The van der Waals surface area contributed by atoms with Crippen LogP contribution in [-0.2, 0) is 4.74 Å². The molecule has 0 bridgehead atoms. The highest BCUT2D eigenvalue weighted by Crippen LogP contribution is 2.37. The van der Waals surface area contributed by atoms with Crippen molar-refractivity contribution in [1.82, 2.24) is 19.4 Å². The molecule has 8 nitrogen and oxygen atoms in total. The molecule has 5 rings (SSSR count). The van der Waals surface area contributed by atoms with E-state index in [4.69, 9.17) is 9.47 Å². The summed E-state index contributed by atoms with van der Waals surface area (Å²) in [5.41, 5.74) is 3.25. The molecule has 0 aliphatic heterocycles. The molecular weight excluding hydrogens is 442 g/mol. The fourth-order valence-electron chi connectivity index (χ4n) is 4.04. The van der Waals surface area contributed by atoms with Gasteiger partial charge in [0, 0.05) is 17.7 Å². The molecule has 3 aromatic rings. The number of methoxy groups -OCH3 is 2. The van der Waals surface area contributed by atoms with Gasteiger partial charge in [-0.3, -0.25) is 14.2 Å². The highest BCUT2D eigenvalue weighted by molar-refractivity contribution is 6.03. The van der Waals surface area contributed by atoms with E-state index in [0.29, 0.717) is 17.2 Å². The van der Waals surface area contributed by atoms with Crippen molar-refractivity contribution >= 4 is 29.5 Å². The summed E-state index contributed by atoms with van der Waals surface area (Å²) in [6, 6.07) is 3.36. The van der Waals surface area contributed by atoms with Crippen LogP contribution in [0.5, 0.6) is 5.75 Å². The van der Waals surface area contributed by atoms with Gasteiger partial charge in [0.05, 0.1) is 43.7 Å². The van der Waals surface area contributed by atoms with Crippen LogP contribution in [0.1, 0.15) is 35.2 Å². The minimum Gasteiger partial charge on any atom is -0.497 e. The Morgan fingerprint density at radius 2 is 1.97 bits per heavy atom. The molecule has 1 amide bonds. The summed E-state index contributed by atoms with van der Waals surface area (Å²) in [4.78, 5) is 26.0. The van der Waals surface area contributed by atoms with Gasteiger partial charge in [-0.2, -0.15) is 0 Å². The van der Waals surface area contributed by atoms with Gasteiger partial charge in [0.1, 0.15) is 17.2 Å². The lowest BCUT2D eigenvalue weighted by atomic mass is 9.81. The number of carbonyl (C=O) groups is 1. The lowest BCUT2D eigenvalue weighted by Gasteiger charge is -2.23. The Kier molecular flexibility index (Phi) is 5.78. The Morgan fingerprint density at radius 3 is 2.80 bits per heavy atom. The molecule has 1 N–H and O–H groups in total. The first kappa shape index (κ1) is 22.3. The topological polar surface area (TPSA) is 90.6 Å². The number of hydrogen-bond acceptors (Lipinski definition) is 6. The van der Waals surface area contributed by atoms with Gasteiger partial charge < -0.3 is 14.8 Å². The van der Waals surface area contributed by atoms with E-state index in [1.54, 1.807) is 38.7 Å². The van der Waals surface area contributed by atoms with Crippen LogP contribution in [0.2, 0.25) is 0 Å². The molecule has 2 aliphatic carbocycles. The number of nitrogens with one attached hydrogen (secondary N) is 1. The lowest BCUT2D eigenvalue weighted by molar-refractivity contribution is 0.102. The van der Waals surface area contributed by atoms with Gasteiger partial charge in [-0.1, -0.05) is 24.3 Å². The molecule has 0 saturated heterocycles. The Labute approximate surface area is 203 Å². The van der Waals surface area contributed by atoms with Crippen molar-refractivity contribution in [2.75, 3.05) is 19.5 Å². The number of anilines is 1. The van der Waals surface area contributed by atoms with E-state index >= 15 is 0 Å². The van der Waals surface area contributed by atoms with Crippen LogP contribution in [0.15, 0.2) is 78.5 Å². The van der Waals surface area contributed by atoms with Crippen molar-refractivity contribution in [3.63, 3.8) is 0 Å². The van der Waals surface area contributed by atoms with Crippen molar-refractivity contribution < 1.29 is 14.3 Å². The minimum atomic E-state index is -0.353. The summed E-state index contributed by atoms with van der Waals surface area (Å²) in [5, 5.41) is 2.79. The number of allylic oxidation sites excluding steroid dienone is 7. The normalized spacial score (nSPS) is 18.8. The molecule has 0 radical (unpaired) electrons. The second-order valence-corrected chi connectivity index (χ2v) is 8.43. The zero-order chi connectivity index (χ0) is 24.4. The van der Waals surface area contributed by atoms with Gasteiger partial charge in [-0.05, 0) is 49.3 Å². The molecule has 176 valence electrons. The fraction of sp³-hybridized carbons (Fsp3) is 0.185. The number of imidazole rings is 1. The number of pyridine rings is 1. The van der Waals surface area contributed by atoms with E-state index in [1.807, 2.05) is 16.7 Å². The number of ether oxygens (including phenoxy) is 2. The number of nitrogens with zero attached hydrogens (tertiary/aromatic N) is 4. The third-order valence-corrected chi connectivity index (χ3v) is 6.08. The summed E-state index contributed by atoms with van der Waals surface area (Å²) in [5.74, 6) is 1.50. The zero-order valence-corrected chi connectivity index (χ0v) is 19.7. The molecule has 0 saturated carbocycles. The third-order valence-electron chi connectivity index (χ3n) is 6.08. The third kappa shape index (κ3) is 4.38. The first-order valence-corrected chi connectivity index (χ1v) is 11.2. The first-order chi connectivity index (χ1) is 17.0. The van der Waals surface area contributed by atoms with Crippen LogP contribution in [0.4, 0.5) is 5.69 Å². The quantitative estimate of drug-likeness (QED) is 0.577. The average molecular weight is 468 g/mol. The largest absolute Gasteiger partial charge is 0.497 e. The van der Waals surface area contributed by atoms with E-state index < -0.39 is 0 Å². The maximum atomic E-state index is 12.8. The highest BCUT2D eigenvalue weighted by Gasteiger charge is 2.25. The van der Waals surface area contributed by atoms with Gasteiger partial charge >= 0.3 is 0 Å². The number of rotatable bonds is 5. The number of carbonyl (C=O) groups excluding carboxylic acids is 1. The van der Waals surface area contributed by atoms with Crippen molar-refractivity contribution in [1.29, 1.82) is 0 Å². The van der Waals surface area contributed by atoms with Crippen LogP contribution >= 0.6 is 0 Å². The standard InChI is InChI=1S/C27H25N5O3/c1-27(18-6-4-5-7-20(14-18)34-2)11-8-22-24(9-12-27)32-13-10-23(31-26(32)30-22)25(33)29-19-15-21(35-3)17-28-16-19/h4,6-17H,5H2,1-3H3,(H,29,33). The SMILES string of the molecule is COC1=CCC=CC(C2(C)C=Cc3nc4nc(C(=O)Nc5cncc(OC)c5)ccn4c3C=C2)=C1. The second kappa shape index (κ2) is 9.06. The number of aromatic nitrogens is 4. The molecule has 3 aromatic heterocycles. The molecule has 8 heteroatoms. The summed E-state index contributed by atoms with van der Waals surface area (Å²) >= 11 is 0. The Hall–Kier alpha value is -4.46. The molecule has 0 aromatic carbocycles. The molecule has 0 fully saturated rings. The second-order valence-electron chi connectivity index (χ2n) is 8.43. The Balaban J connectivity index is 1.43. The lowest BCUT2D eigenvalue weighted by Crippen LogP contribution is -2.14. The van der Waals surface area contributed by atoms with Gasteiger partial charge in [-0.25, -0.2) is 9.97 Å². The van der Waals surface area contributed by atoms with Crippen molar-refractivity contribution in [3.05, 3.63) is 95.6 Å². The summed E-state index contributed by atoms with van der Waals surface area (Å²) < 4.78 is 12.5. The maximum Gasteiger partial charge on any atom is 0.274 e. The van der Waals surface area contributed by atoms with Crippen LogP contribution in [0.25, 0.3) is 17.9 Å². The highest BCUT2D eigenvalue weighted by atomic mass is 16.5. The van der Waals surface area contributed by atoms with Crippen molar-refractivity contribution in [2.45, 2.75) is 13.3 Å². The van der Waals surface area contributed by atoms with Gasteiger partial charge in [0.15, 0.2) is 0 Å². The van der Waals surface area contributed by atoms with Crippen LogP contribution in [-0.4, -0.2) is 39.5 Å². The molecule has 35 heavy (non-hydrogen) atoms. The smallest absolute Gasteiger partial charge is 0.274 e. The minimum absolute atomic E-state index is 0.255. The van der Waals surface area contributed by atoms with Gasteiger partial charge in [-0.15, -0.1) is 0 Å². The monoisotopic (exact) mass is 467 g/mol. The zero-order valence-electron chi connectivity index (χ0n) is 19.7. The molecule has 0 spiro atoms. The van der Waals surface area contributed by atoms with E-state index in [1.165, 1.54) is 0 Å². The summed E-state index contributed by atoms with van der Waals surface area (Å²) in [6.07, 6.45) is 22.5. The molecule has 1 unspecified atom stereocenters. The predicted molar refractivity (Wildman–Crippen MR) is 135 cm³/mol. The van der Waals surface area contributed by atoms with E-state index in [9.17, 15) is 4.79 Å². The van der Waals surface area contributed by atoms with Crippen molar-refractivity contribution in [2.24, 2.45) is 5.41 Å². The number of fused-ring (bicyclic) bond motifs is 3. The Morgan fingerprint density at radius 1 is 1.11 bits per heavy atom. The molecule has 2 aliphatic rings. The van der Waals surface area contributed by atoms with Gasteiger partial charge in [0.2, 0.25) is 5.78 Å². The van der Waals surface area contributed by atoms with E-state index in [2.05, 4.69) is 69.7 Å². The average Bonchev–Trinajstić information content (AvgIpc) is 3.00. The van der Waals surface area contributed by atoms with E-state index in [-0.39, 0.29) is 17.0 Å².